The van der Waals surface area contributed by atoms with Gasteiger partial charge in [0.25, 0.3) is 5.91 Å². The van der Waals surface area contributed by atoms with Crippen molar-refractivity contribution < 1.29 is 18.0 Å². The van der Waals surface area contributed by atoms with Crippen LogP contribution in [-0.4, -0.2) is 29.9 Å². The second-order valence-corrected chi connectivity index (χ2v) is 7.42. The fraction of sp³-hybridized carbons (Fsp3) is 0.450. The highest BCUT2D eigenvalue weighted by atomic mass is 32.1. The predicted molar refractivity (Wildman–Crippen MR) is 112 cm³/mol. The Labute approximate surface area is 178 Å². The molecule has 0 bridgehead atoms. The summed E-state index contributed by atoms with van der Waals surface area (Å²) in [6, 6.07) is 7.16. The highest BCUT2D eigenvalue weighted by Crippen LogP contribution is 2.29. The van der Waals surface area contributed by atoms with E-state index in [0.29, 0.717) is 36.2 Å². The fourth-order valence-electron chi connectivity index (χ4n) is 2.44. The standard InChI is InChI=1S/C20H26F3N5OS/c1-3-5-10-25-18(29)15-8-6-14(7-9-15)11-26-19(24-4-2)27-12-17-28-16(13-30-17)20(21,22)23/h6-9,13H,3-5,10-12H2,1-2H3,(H,25,29)(H2,24,26,27). The van der Waals surface area contributed by atoms with Crippen LogP contribution in [0.4, 0.5) is 13.2 Å². The van der Waals surface area contributed by atoms with E-state index in [-0.39, 0.29) is 12.5 Å². The van der Waals surface area contributed by atoms with E-state index in [9.17, 15) is 18.0 Å². The number of rotatable bonds is 9. The van der Waals surface area contributed by atoms with Crippen molar-refractivity contribution in [2.75, 3.05) is 13.1 Å². The summed E-state index contributed by atoms with van der Waals surface area (Å²) in [4.78, 5) is 20.1. The molecule has 30 heavy (non-hydrogen) atoms. The Bertz CT molecular complexity index is 834. The van der Waals surface area contributed by atoms with Crippen LogP contribution in [0.15, 0.2) is 34.6 Å². The van der Waals surface area contributed by atoms with Gasteiger partial charge in [-0.25, -0.2) is 9.98 Å². The Hall–Kier alpha value is -2.62. The summed E-state index contributed by atoms with van der Waals surface area (Å²) in [6.07, 6.45) is -2.48. The number of aliphatic imine (C=N–C) groups is 1. The molecule has 0 aliphatic carbocycles. The summed E-state index contributed by atoms with van der Waals surface area (Å²) < 4.78 is 37.9. The number of benzene rings is 1. The molecule has 1 heterocycles. The van der Waals surface area contributed by atoms with Gasteiger partial charge in [0.15, 0.2) is 11.7 Å². The molecule has 3 N–H and O–H groups in total. The van der Waals surface area contributed by atoms with Crippen molar-refractivity contribution in [2.24, 2.45) is 4.99 Å². The lowest BCUT2D eigenvalue weighted by Crippen LogP contribution is -2.36. The summed E-state index contributed by atoms with van der Waals surface area (Å²) in [5.74, 6) is 0.373. The average molecular weight is 442 g/mol. The van der Waals surface area contributed by atoms with Gasteiger partial charge in [-0.2, -0.15) is 13.2 Å². The van der Waals surface area contributed by atoms with Gasteiger partial charge >= 0.3 is 6.18 Å². The van der Waals surface area contributed by atoms with Crippen molar-refractivity contribution in [1.29, 1.82) is 0 Å². The molecule has 10 heteroatoms. The summed E-state index contributed by atoms with van der Waals surface area (Å²) >= 11 is 0.948. The van der Waals surface area contributed by atoms with E-state index in [1.165, 1.54) is 0 Å². The van der Waals surface area contributed by atoms with Crippen LogP contribution in [-0.2, 0) is 19.3 Å². The van der Waals surface area contributed by atoms with Crippen LogP contribution in [0.5, 0.6) is 0 Å². The zero-order chi connectivity index (χ0) is 22.0. The number of halogens is 3. The van der Waals surface area contributed by atoms with Gasteiger partial charge in [-0.3, -0.25) is 4.79 Å². The molecule has 0 atom stereocenters. The second-order valence-electron chi connectivity index (χ2n) is 6.48. The van der Waals surface area contributed by atoms with E-state index in [1.54, 1.807) is 12.1 Å². The Kier molecular flexibility index (Phi) is 9.10. The van der Waals surface area contributed by atoms with Crippen molar-refractivity contribution in [1.82, 2.24) is 20.9 Å². The van der Waals surface area contributed by atoms with E-state index in [1.807, 2.05) is 19.1 Å². The number of guanidine groups is 1. The van der Waals surface area contributed by atoms with Crippen molar-refractivity contribution in [3.63, 3.8) is 0 Å². The first-order valence-electron chi connectivity index (χ1n) is 9.74. The largest absolute Gasteiger partial charge is 0.434 e. The number of unbranched alkanes of at least 4 members (excludes halogenated alkanes) is 1. The number of nitrogens with one attached hydrogen (secondary N) is 3. The fourth-order valence-corrected chi connectivity index (χ4v) is 3.18. The second kappa shape index (κ2) is 11.5. The Morgan fingerprint density at radius 1 is 1.13 bits per heavy atom. The average Bonchev–Trinajstić information content (AvgIpc) is 3.20. The third-order valence-electron chi connectivity index (χ3n) is 4.05. The predicted octanol–water partition coefficient (Wildman–Crippen LogP) is 3.95. The quantitative estimate of drug-likeness (QED) is 0.313. The zero-order valence-electron chi connectivity index (χ0n) is 17.0. The van der Waals surface area contributed by atoms with Gasteiger partial charge in [0.1, 0.15) is 5.01 Å². The molecule has 0 aliphatic heterocycles. The highest BCUT2D eigenvalue weighted by Gasteiger charge is 2.33. The molecular weight excluding hydrogens is 415 g/mol. The van der Waals surface area contributed by atoms with Crippen LogP contribution in [0.25, 0.3) is 0 Å². The van der Waals surface area contributed by atoms with Crippen LogP contribution >= 0.6 is 11.3 Å². The molecule has 164 valence electrons. The Morgan fingerprint density at radius 2 is 1.87 bits per heavy atom. The van der Waals surface area contributed by atoms with Crippen molar-refractivity contribution >= 4 is 23.2 Å². The lowest BCUT2D eigenvalue weighted by atomic mass is 10.1. The summed E-state index contributed by atoms with van der Waals surface area (Å²) in [5.41, 5.74) is 0.615. The first-order valence-corrected chi connectivity index (χ1v) is 10.6. The maximum Gasteiger partial charge on any atom is 0.434 e. The number of hydrogen-bond acceptors (Lipinski definition) is 4. The number of thiazole rings is 1. The zero-order valence-corrected chi connectivity index (χ0v) is 17.8. The van der Waals surface area contributed by atoms with E-state index in [4.69, 9.17) is 0 Å². The normalized spacial score (nSPS) is 12.0. The summed E-state index contributed by atoms with van der Waals surface area (Å²) in [7, 11) is 0. The van der Waals surface area contributed by atoms with Crippen LogP contribution in [0, 0.1) is 0 Å². The first-order chi connectivity index (χ1) is 14.3. The lowest BCUT2D eigenvalue weighted by molar-refractivity contribution is -0.140. The van der Waals surface area contributed by atoms with E-state index in [2.05, 4.69) is 32.9 Å². The van der Waals surface area contributed by atoms with Gasteiger partial charge in [0.05, 0.1) is 13.1 Å². The van der Waals surface area contributed by atoms with Gasteiger partial charge in [-0.1, -0.05) is 25.5 Å². The van der Waals surface area contributed by atoms with Crippen LogP contribution in [0.2, 0.25) is 0 Å². The molecule has 1 aromatic heterocycles. The molecule has 0 aliphatic rings. The molecule has 0 fully saturated rings. The number of alkyl halides is 3. The number of nitrogens with zero attached hydrogens (tertiary/aromatic N) is 2. The Morgan fingerprint density at radius 3 is 2.47 bits per heavy atom. The molecule has 0 spiro atoms. The van der Waals surface area contributed by atoms with E-state index in [0.717, 1.165) is 35.1 Å². The lowest BCUT2D eigenvalue weighted by Gasteiger charge is -2.10. The molecule has 2 aromatic rings. The van der Waals surface area contributed by atoms with Crippen molar-refractivity contribution in [3.8, 4) is 0 Å². The number of carbonyl (C=O) groups is 1. The number of amides is 1. The summed E-state index contributed by atoms with van der Waals surface area (Å²) in [6.45, 7) is 5.72. The van der Waals surface area contributed by atoms with Gasteiger partial charge in [-0.05, 0) is 31.0 Å². The SMILES string of the molecule is CCCCNC(=O)c1ccc(CN=C(NCC)NCc2nc(C(F)(F)F)cs2)cc1. The molecule has 0 saturated heterocycles. The van der Waals surface area contributed by atoms with Crippen LogP contribution in [0.3, 0.4) is 0 Å². The smallest absolute Gasteiger partial charge is 0.357 e. The highest BCUT2D eigenvalue weighted by molar-refractivity contribution is 7.09. The molecule has 0 saturated carbocycles. The number of hydrogen-bond donors (Lipinski definition) is 3. The minimum absolute atomic E-state index is 0.102. The minimum Gasteiger partial charge on any atom is -0.357 e. The van der Waals surface area contributed by atoms with Gasteiger partial charge < -0.3 is 16.0 Å². The van der Waals surface area contributed by atoms with Crippen LogP contribution < -0.4 is 16.0 Å². The molecular formula is C20H26F3N5OS. The van der Waals surface area contributed by atoms with Crippen molar-refractivity contribution in [3.05, 3.63) is 51.5 Å². The molecule has 0 unspecified atom stereocenters. The maximum absolute atomic E-state index is 12.6. The number of carbonyl (C=O) groups excluding carboxylic acids is 1. The van der Waals surface area contributed by atoms with Crippen LogP contribution in [0.1, 0.15) is 53.3 Å². The third kappa shape index (κ3) is 7.66. The molecule has 1 aromatic carbocycles. The topological polar surface area (TPSA) is 78.4 Å². The molecule has 0 radical (unpaired) electrons. The monoisotopic (exact) mass is 441 g/mol. The third-order valence-corrected chi connectivity index (χ3v) is 4.89. The maximum atomic E-state index is 12.6. The van der Waals surface area contributed by atoms with E-state index >= 15 is 0 Å². The number of aromatic nitrogens is 1. The minimum atomic E-state index is -4.44. The molecule has 2 rings (SSSR count). The first kappa shape index (κ1) is 23.7. The Balaban J connectivity index is 1.92. The van der Waals surface area contributed by atoms with Gasteiger partial charge in [0, 0.05) is 24.0 Å². The molecule has 1 amide bonds. The van der Waals surface area contributed by atoms with E-state index < -0.39 is 11.9 Å². The van der Waals surface area contributed by atoms with Gasteiger partial charge in [-0.15, -0.1) is 11.3 Å². The van der Waals surface area contributed by atoms with Crippen molar-refractivity contribution in [2.45, 2.75) is 46.0 Å². The molecule has 6 nitrogen and oxygen atoms in total. The van der Waals surface area contributed by atoms with Gasteiger partial charge in [0.2, 0.25) is 0 Å². The summed E-state index contributed by atoms with van der Waals surface area (Å²) in [5, 5.41) is 10.2.